The number of allylic oxidation sites excluding steroid dienone is 1. The molecule has 0 aliphatic carbocycles. The molecule has 0 radical (unpaired) electrons. The SMILES string of the molecule is COC(=O)/C(=C\CCc1ccccc1)S(=O)c1ccccc1. The van der Waals surface area contributed by atoms with Crippen LogP contribution in [0, 0.1) is 0 Å². The second kappa shape index (κ2) is 8.29. The summed E-state index contributed by atoms with van der Waals surface area (Å²) in [6.45, 7) is 0. The zero-order valence-corrected chi connectivity index (χ0v) is 13.2. The van der Waals surface area contributed by atoms with Crippen LogP contribution in [0.2, 0.25) is 0 Å². The lowest BCUT2D eigenvalue weighted by atomic mass is 10.1. The van der Waals surface area contributed by atoms with Crippen LogP contribution in [-0.2, 0) is 26.8 Å². The molecule has 2 rings (SSSR count). The number of methoxy groups -OCH3 is 1. The molecule has 1 unspecified atom stereocenters. The lowest BCUT2D eigenvalue weighted by molar-refractivity contribution is -0.135. The van der Waals surface area contributed by atoms with Gasteiger partial charge in [-0.3, -0.25) is 0 Å². The molecule has 0 bridgehead atoms. The number of ether oxygens (including phenoxy) is 1. The molecule has 0 saturated carbocycles. The second-order valence-electron chi connectivity index (χ2n) is 4.67. The Hall–Kier alpha value is -2.20. The molecule has 0 N–H and O–H groups in total. The van der Waals surface area contributed by atoms with Crippen molar-refractivity contribution in [3.05, 3.63) is 77.2 Å². The number of carbonyl (C=O) groups excluding carboxylic acids is 1. The number of carbonyl (C=O) groups is 1. The quantitative estimate of drug-likeness (QED) is 0.605. The maximum absolute atomic E-state index is 12.5. The van der Waals surface area contributed by atoms with Crippen molar-refractivity contribution in [2.45, 2.75) is 17.7 Å². The first-order chi connectivity index (χ1) is 10.7. The number of benzene rings is 2. The van der Waals surface area contributed by atoms with E-state index in [1.54, 1.807) is 30.3 Å². The summed E-state index contributed by atoms with van der Waals surface area (Å²) in [5.41, 5.74) is 1.17. The molecule has 0 spiro atoms. The van der Waals surface area contributed by atoms with Crippen LogP contribution in [0.1, 0.15) is 12.0 Å². The average molecular weight is 314 g/mol. The van der Waals surface area contributed by atoms with E-state index in [2.05, 4.69) is 0 Å². The van der Waals surface area contributed by atoms with Gasteiger partial charge in [-0.05, 0) is 30.5 Å². The molecule has 3 nitrogen and oxygen atoms in total. The van der Waals surface area contributed by atoms with Crippen LogP contribution >= 0.6 is 0 Å². The zero-order chi connectivity index (χ0) is 15.8. The van der Waals surface area contributed by atoms with E-state index in [9.17, 15) is 9.00 Å². The molecule has 2 aromatic rings. The minimum absolute atomic E-state index is 0.199. The van der Waals surface area contributed by atoms with Gasteiger partial charge in [-0.15, -0.1) is 0 Å². The summed E-state index contributed by atoms with van der Waals surface area (Å²) in [6, 6.07) is 18.9. The lowest BCUT2D eigenvalue weighted by Crippen LogP contribution is -2.10. The van der Waals surface area contributed by atoms with E-state index >= 15 is 0 Å². The summed E-state index contributed by atoms with van der Waals surface area (Å²) in [5.74, 6) is -0.546. The largest absolute Gasteiger partial charge is 0.465 e. The summed E-state index contributed by atoms with van der Waals surface area (Å²) >= 11 is 0. The number of hydrogen-bond acceptors (Lipinski definition) is 3. The summed E-state index contributed by atoms with van der Waals surface area (Å²) < 4.78 is 17.3. The molecule has 0 aliphatic rings. The van der Waals surface area contributed by atoms with Crippen LogP contribution in [0.5, 0.6) is 0 Å². The van der Waals surface area contributed by atoms with Crippen LogP contribution in [0.3, 0.4) is 0 Å². The van der Waals surface area contributed by atoms with Crippen LogP contribution in [0.15, 0.2) is 76.5 Å². The topological polar surface area (TPSA) is 43.4 Å². The molecule has 0 aliphatic heterocycles. The normalized spacial score (nSPS) is 12.7. The Bertz CT molecular complexity index is 663. The van der Waals surface area contributed by atoms with Crippen molar-refractivity contribution in [3.63, 3.8) is 0 Å². The highest BCUT2D eigenvalue weighted by molar-refractivity contribution is 7.90. The highest BCUT2D eigenvalue weighted by Crippen LogP contribution is 2.17. The average Bonchev–Trinajstić information content (AvgIpc) is 2.59. The molecular weight excluding hydrogens is 296 g/mol. The predicted octanol–water partition coefficient (Wildman–Crippen LogP) is 3.48. The minimum Gasteiger partial charge on any atom is -0.465 e. The van der Waals surface area contributed by atoms with E-state index in [1.807, 2.05) is 36.4 Å². The van der Waals surface area contributed by atoms with Crippen molar-refractivity contribution < 1.29 is 13.7 Å². The lowest BCUT2D eigenvalue weighted by Gasteiger charge is -2.06. The van der Waals surface area contributed by atoms with Gasteiger partial charge in [0.25, 0.3) is 0 Å². The highest BCUT2D eigenvalue weighted by atomic mass is 32.2. The van der Waals surface area contributed by atoms with Gasteiger partial charge in [-0.2, -0.15) is 0 Å². The first kappa shape index (κ1) is 16.2. The molecule has 0 saturated heterocycles. The summed E-state index contributed by atoms with van der Waals surface area (Å²) in [4.78, 5) is 12.7. The van der Waals surface area contributed by atoms with Crippen LogP contribution in [-0.4, -0.2) is 17.3 Å². The first-order valence-corrected chi connectivity index (χ1v) is 8.16. The van der Waals surface area contributed by atoms with E-state index in [-0.39, 0.29) is 4.91 Å². The van der Waals surface area contributed by atoms with Gasteiger partial charge in [0, 0.05) is 4.90 Å². The van der Waals surface area contributed by atoms with Crippen molar-refractivity contribution in [1.29, 1.82) is 0 Å². The smallest absolute Gasteiger partial charge is 0.346 e. The Balaban J connectivity index is 2.14. The Labute approximate surface area is 133 Å². The van der Waals surface area contributed by atoms with Crippen molar-refractivity contribution in [3.8, 4) is 0 Å². The zero-order valence-electron chi connectivity index (χ0n) is 12.4. The van der Waals surface area contributed by atoms with Gasteiger partial charge >= 0.3 is 5.97 Å². The summed E-state index contributed by atoms with van der Waals surface area (Å²) in [6.07, 6.45) is 3.13. The first-order valence-electron chi connectivity index (χ1n) is 7.01. The van der Waals surface area contributed by atoms with E-state index < -0.39 is 16.8 Å². The van der Waals surface area contributed by atoms with Crippen LogP contribution in [0.25, 0.3) is 0 Å². The Morgan fingerprint density at radius 1 is 1.05 bits per heavy atom. The third-order valence-electron chi connectivity index (χ3n) is 3.15. The maximum atomic E-state index is 12.5. The van der Waals surface area contributed by atoms with E-state index in [0.29, 0.717) is 11.3 Å². The van der Waals surface area contributed by atoms with Gasteiger partial charge in [-0.1, -0.05) is 54.6 Å². The molecule has 114 valence electrons. The molecule has 0 aromatic heterocycles. The molecule has 0 fully saturated rings. The number of hydrogen-bond donors (Lipinski definition) is 0. The molecule has 1 atom stereocenters. The van der Waals surface area contributed by atoms with E-state index in [4.69, 9.17) is 4.74 Å². The molecule has 0 heterocycles. The Kier molecular flexibility index (Phi) is 6.10. The Morgan fingerprint density at radius 3 is 2.23 bits per heavy atom. The van der Waals surface area contributed by atoms with Crippen LogP contribution in [0.4, 0.5) is 0 Å². The predicted molar refractivity (Wildman–Crippen MR) is 87.7 cm³/mol. The third-order valence-corrected chi connectivity index (χ3v) is 4.58. The van der Waals surface area contributed by atoms with Gasteiger partial charge in [0.1, 0.15) is 4.91 Å². The van der Waals surface area contributed by atoms with Crippen molar-refractivity contribution in [2.75, 3.05) is 7.11 Å². The van der Waals surface area contributed by atoms with Crippen molar-refractivity contribution in [1.82, 2.24) is 0 Å². The van der Waals surface area contributed by atoms with Gasteiger partial charge in [-0.25, -0.2) is 9.00 Å². The van der Waals surface area contributed by atoms with Crippen LogP contribution < -0.4 is 0 Å². The van der Waals surface area contributed by atoms with E-state index in [1.165, 1.54) is 12.7 Å². The summed E-state index contributed by atoms with van der Waals surface area (Å²) in [5, 5.41) is 0. The van der Waals surface area contributed by atoms with Crippen molar-refractivity contribution >= 4 is 16.8 Å². The monoisotopic (exact) mass is 314 g/mol. The second-order valence-corrected chi connectivity index (χ2v) is 6.11. The fourth-order valence-electron chi connectivity index (χ4n) is 2.02. The molecule has 0 amide bonds. The molecule has 22 heavy (non-hydrogen) atoms. The van der Waals surface area contributed by atoms with Gasteiger partial charge in [0.05, 0.1) is 17.9 Å². The Morgan fingerprint density at radius 2 is 1.64 bits per heavy atom. The van der Waals surface area contributed by atoms with Gasteiger partial charge in [0.15, 0.2) is 0 Å². The fraction of sp³-hybridized carbons (Fsp3) is 0.167. The number of rotatable bonds is 6. The number of esters is 1. The summed E-state index contributed by atoms with van der Waals surface area (Å²) in [7, 11) is -0.221. The van der Waals surface area contributed by atoms with Gasteiger partial charge < -0.3 is 4.74 Å². The minimum atomic E-state index is -1.52. The highest BCUT2D eigenvalue weighted by Gasteiger charge is 2.18. The molecule has 2 aromatic carbocycles. The number of aryl methyl sites for hydroxylation is 1. The third kappa shape index (κ3) is 4.40. The van der Waals surface area contributed by atoms with E-state index in [0.717, 1.165) is 6.42 Å². The fourth-order valence-corrected chi connectivity index (χ4v) is 3.18. The maximum Gasteiger partial charge on any atom is 0.346 e. The molecule has 4 heteroatoms. The van der Waals surface area contributed by atoms with Gasteiger partial charge in [0.2, 0.25) is 0 Å². The molecular formula is C18H18O3S. The standard InChI is InChI=1S/C18H18O3S/c1-21-18(19)17(22(20)16-12-6-3-7-13-16)14-8-11-15-9-4-2-5-10-15/h2-7,9-10,12-14H,8,11H2,1H3/b17-14+. The van der Waals surface area contributed by atoms with Crippen molar-refractivity contribution in [2.24, 2.45) is 0 Å².